The molecule has 1 N–H and O–H groups in total. The first-order chi connectivity index (χ1) is 12.1. The summed E-state index contributed by atoms with van der Waals surface area (Å²) in [6.07, 6.45) is 0. The molecule has 1 amide bonds. The Balaban J connectivity index is 1.85. The first-order valence-corrected chi connectivity index (χ1v) is 7.50. The zero-order valence-corrected chi connectivity index (χ0v) is 13.7. The molecule has 0 unspecified atom stereocenters. The number of benzene rings is 2. The van der Waals surface area contributed by atoms with Gasteiger partial charge >= 0.3 is 0 Å². The Morgan fingerprint density at radius 1 is 1.04 bits per heavy atom. The van der Waals surface area contributed by atoms with E-state index in [-0.39, 0.29) is 11.5 Å². The van der Waals surface area contributed by atoms with Gasteiger partial charge in [0.05, 0.1) is 25.5 Å². The van der Waals surface area contributed by atoms with Gasteiger partial charge in [-0.1, -0.05) is 12.1 Å². The highest BCUT2D eigenvalue weighted by Gasteiger charge is 2.16. The fraction of sp³-hybridized carbons (Fsp3) is 0.105. The van der Waals surface area contributed by atoms with E-state index in [4.69, 9.17) is 13.9 Å². The molecule has 0 radical (unpaired) electrons. The minimum absolute atomic E-state index is 0.0585. The van der Waals surface area contributed by atoms with Crippen LogP contribution in [0.2, 0.25) is 0 Å². The van der Waals surface area contributed by atoms with Gasteiger partial charge in [0.2, 0.25) is 0 Å². The Morgan fingerprint density at radius 3 is 2.56 bits per heavy atom. The van der Waals surface area contributed by atoms with Crippen LogP contribution in [0.3, 0.4) is 0 Å². The van der Waals surface area contributed by atoms with Crippen molar-refractivity contribution < 1.29 is 23.1 Å². The lowest BCUT2D eigenvalue weighted by Crippen LogP contribution is -2.11. The molecule has 0 saturated heterocycles. The predicted octanol–water partition coefficient (Wildman–Crippen LogP) is 4.36. The zero-order valence-electron chi connectivity index (χ0n) is 13.7. The van der Waals surface area contributed by atoms with Crippen LogP contribution in [0.25, 0.3) is 11.3 Å². The Bertz CT molecular complexity index is 904. The van der Waals surface area contributed by atoms with Gasteiger partial charge in [0, 0.05) is 6.07 Å². The number of carbonyl (C=O) groups excluding carboxylic acids is 1. The topological polar surface area (TPSA) is 60.7 Å². The van der Waals surface area contributed by atoms with Crippen molar-refractivity contribution in [1.29, 1.82) is 0 Å². The number of amides is 1. The molecular formula is C19H16FNO4. The number of hydrogen-bond donors (Lipinski definition) is 1. The molecule has 0 atom stereocenters. The molecule has 5 nitrogen and oxygen atoms in total. The molecule has 0 bridgehead atoms. The summed E-state index contributed by atoms with van der Waals surface area (Å²) >= 11 is 0. The van der Waals surface area contributed by atoms with Gasteiger partial charge in [0.25, 0.3) is 5.91 Å². The lowest BCUT2D eigenvalue weighted by molar-refractivity contribution is 0.0997. The van der Waals surface area contributed by atoms with Gasteiger partial charge in [-0.05, 0) is 36.4 Å². The van der Waals surface area contributed by atoms with Gasteiger partial charge < -0.3 is 19.2 Å². The highest BCUT2D eigenvalue weighted by Crippen LogP contribution is 2.30. The van der Waals surface area contributed by atoms with E-state index >= 15 is 0 Å². The van der Waals surface area contributed by atoms with Crippen molar-refractivity contribution >= 4 is 11.6 Å². The van der Waals surface area contributed by atoms with Crippen molar-refractivity contribution in [3.63, 3.8) is 0 Å². The minimum atomic E-state index is -0.478. The van der Waals surface area contributed by atoms with Gasteiger partial charge in [0.1, 0.15) is 23.1 Å². The van der Waals surface area contributed by atoms with E-state index in [9.17, 15) is 9.18 Å². The molecule has 0 fully saturated rings. The van der Waals surface area contributed by atoms with Crippen LogP contribution >= 0.6 is 0 Å². The maximum absolute atomic E-state index is 13.8. The summed E-state index contributed by atoms with van der Waals surface area (Å²) < 4.78 is 29.7. The molecule has 0 aliphatic carbocycles. The molecule has 3 rings (SSSR count). The molecule has 0 aliphatic rings. The third kappa shape index (κ3) is 3.47. The molecule has 6 heteroatoms. The van der Waals surface area contributed by atoms with Crippen molar-refractivity contribution in [2.24, 2.45) is 0 Å². The summed E-state index contributed by atoms with van der Waals surface area (Å²) in [7, 11) is 3.03. The number of ether oxygens (including phenoxy) is 2. The Kier molecular flexibility index (Phi) is 4.70. The summed E-state index contributed by atoms with van der Waals surface area (Å²) in [6.45, 7) is 0. The average Bonchev–Trinajstić information content (AvgIpc) is 3.12. The third-order valence-electron chi connectivity index (χ3n) is 3.62. The van der Waals surface area contributed by atoms with Crippen LogP contribution in [-0.4, -0.2) is 20.1 Å². The molecule has 128 valence electrons. The fourth-order valence-corrected chi connectivity index (χ4v) is 2.36. The number of hydrogen-bond acceptors (Lipinski definition) is 4. The van der Waals surface area contributed by atoms with Crippen LogP contribution in [-0.2, 0) is 0 Å². The fourth-order valence-electron chi connectivity index (χ4n) is 2.36. The summed E-state index contributed by atoms with van der Waals surface area (Å²) in [5, 5.41) is 2.70. The van der Waals surface area contributed by atoms with Crippen molar-refractivity contribution in [2.45, 2.75) is 0 Å². The van der Waals surface area contributed by atoms with Crippen LogP contribution in [0.15, 0.2) is 59.0 Å². The largest absolute Gasteiger partial charge is 0.497 e. The Morgan fingerprint density at radius 2 is 1.84 bits per heavy atom. The van der Waals surface area contributed by atoms with Crippen LogP contribution in [0, 0.1) is 5.82 Å². The quantitative estimate of drug-likeness (QED) is 0.749. The second kappa shape index (κ2) is 7.09. The van der Waals surface area contributed by atoms with Crippen LogP contribution < -0.4 is 14.8 Å². The van der Waals surface area contributed by atoms with Gasteiger partial charge in [-0.25, -0.2) is 4.39 Å². The molecule has 1 aromatic heterocycles. The van der Waals surface area contributed by atoms with Crippen LogP contribution in [0.1, 0.15) is 10.6 Å². The summed E-state index contributed by atoms with van der Waals surface area (Å²) in [6, 6.07) is 14.3. The van der Waals surface area contributed by atoms with E-state index in [0.29, 0.717) is 22.7 Å². The number of furan rings is 1. The standard InChI is InChI=1S/C19H16FNO4/c1-23-12-7-8-17(24-2)15(11-12)21-19(22)18-10-9-16(25-18)13-5-3-4-6-14(13)20/h3-11H,1-2H3,(H,21,22). The van der Waals surface area contributed by atoms with E-state index in [0.717, 1.165) is 0 Å². The van der Waals surface area contributed by atoms with Crippen LogP contribution in [0.5, 0.6) is 11.5 Å². The van der Waals surface area contributed by atoms with E-state index < -0.39 is 11.7 Å². The number of rotatable bonds is 5. The highest BCUT2D eigenvalue weighted by molar-refractivity contribution is 6.03. The van der Waals surface area contributed by atoms with Crippen molar-refractivity contribution in [1.82, 2.24) is 0 Å². The minimum Gasteiger partial charge on any atom is -0.497 e. The summed E-state index contributed by atoms with van der Waals surface area (Å²) in [4.78, 5) is 12.4. The lowest BCUT2D eigenvalue weighted by Gasteiger charge is -2.10. The second-order valence-corrected chi connectivity index (χ2v) is 5.16. The van der Waals surface area contributed by atoms with E-state index in [2.05, 4.69) is 5.32 Å². The maximum atomic E-state index is 13.8. The van der Waals surface area contributed by atoms with Crippen molar-refractivity contribution in [3.05, 3.63) is 66.2 Å². The van der Waals surface area contributed by atoms with Crippen molar-refractivity contribution in [3.8, 4) is 22.8 Å². The first-order valence-electron chi connectivity index (χ1n) is 7.50. The summed E-state index contributed by atoms with van der Waals surface area (Å²) in [5.41, 5.74) is 0.733. The van der Waals surface area contributed by atoms with Gasteiger partial charge in [-0.15, -0.1) is 0 Å². The van der Waals surface area contributed by atoms with E-state index in [1.165, 1.54) is 26.4 Å². The monoisotopic (exact) mass is 341 g/mol. The summed E-state index contributed by atoms with van der Waals surface area (Å²) in [5.74, 6) is 0.494. The molecule has 0 saturated carbocycles. The number of halogens is 1. The van der Waals surface area contributed by atoms with Gasteiger partial charge in [-0.2, -0.15) is 0 Å². The van der Waals surface area contributed by atoms with Gasteiger partial charge in [-0.3, -0.25) is 4.79 Å². The Labute approximate surface area is 144 Å². The predicted molar refractivity (Wildman–Crippen MR) is 91.6 cm³/mol. The lowest BCUT2D eigenvalue weighted by atomic mass is 10.1. The highest BCUT2D eigenvalue weighted by atomic mass is 19.1. The molecule has 3 aromatic rings. The molecular weight excluding hydrogens is 325 g/mol. The zero-order chi connectivity index (χ0) is 17.8. The maximum Gasteiger partial charge on any atom is 0.291 e. The molecule has 0 aliphatic heterocycles. The SMILES string of the molecule is COc1ccc(OC)c(NC(=O)c2ccc(-c3ccccc3F)o2)c1. The third-order valence-corrected chi connectivity index (χ3v) is 3.62. The molecule has 25 heavy (non-hydrogen) atoms. The van der Waals surface area contributed by atoms with Crippen molar-refractivity contribution in [2.75, 3.05) is 19.5 Å². The first kappa shape index (κ1) is 16.6. The number of carbonyl (C=O) groups is 1. The number of methoxy groups -OCH3 is 2. The molecule has 1 heterocycles. The van der Waals surface area contributed by atoms with E-state index in [1.54, 1.807) is 42.5 Å². The second-order valence-electron chi connectivity index (χ2n) is 5.16. The smallest absolute Gasteiger partial charge is 0.291 e. The molecule has 2 aromatic carbocycles. The number of anilines is 1. The van der Waals surface area contributed by atoms with E-state index in [1.807, 2.05) is 0 Å². The molecule has 0 spiro atoms. The van der Waals surface area contributed by atoms with Crippen LogP contribution in [0.4, 0.5) is 10.1 Å². The Hall–Kier alpha value is -3.28. The van der Waals surface area contributed by atoms with Gasteiger partial charge in [0.15, 0.2) is 5.76 Å². The normalized spacial score (nSPS) is 10.4. The average molecular weight is 341 g/mol. The number of nitrogens with one attached hydrogen (secondary N) is 1.